The number of anilines is 1. The van der Waals surface area contributed by atoms with Gasteiger partial charge in [0.15, 0.2) is 0 Å². The van der Waals surface area contributed by atoms with Gasteiger partial charge in [-0.1, -0.05) is 18.2 Å². The maximum atomic E-state index is 3.54. The number of hydrogen-bond acceptors (Lipinski definition) is 3. The van der Waals surface area contributed by atoms with Crippen molar-refractivity contribution in [1.29, 1.82) is 0 Å². The average Bonchev–Trinajstić information content (AvgIpc) is 2.46. The second kappa shape index (κ2) is 7.65. The Labute approximate surface area is 124 Å². The van der Waals surface area contributed by atoms with Crippen LogP contribution in [0.3, 0.4) is 0 Å². The van der Waals surface area contributed by atoms with E-state index in [-0.39, 0.29) is 0 Å². The van der Waals surface area contributed by atoms with Gasteiger partial charge in [0.05, 0.1) is 0 Å². The average molecular weight is 275 g/mol. The molecule has 1 N–H and O–H groups in total. The molecule has 1 saturated heterocycles. The number of piperidine rings is 1. The molecule has 1 fully saturated rings. The molecule has 20 heavy (non-hydrogen) atoms. The van der Waals surface area contributed by atoms with Gasteiger partial charge in [0.25, 0.3) is 0 Å². The Morgan fingerprint density at radius 1 is 1.20 bits per heavy atom. The molecule has 0 saturated carbocycles. The van der Waals surface area contributed by atoms with Crippen molar-refractivity contribution in [2.45, 2.75) is 25.8 Å². The van der Waals surface area contributed by atoms with Gasteiger partial charge >= 0.3 is 0 Å². The molecule has 0 radical (unpaired) electrons. The number of likely N-dealkylation sites (tertiary alicyclic amines) is 1. The van der Waals surface area contributed by atoms with E-state index in [2.05, 4.69) is 66.5 Å². The van der Waals surface area contributed by atoms with Crippen LogP contribution < -0.4 is 5.32 Å². The quantitative estimate of drug-likeness (QED) is 0.861. The smallest absolute Gasteiger partial charge is 0.0340 e. The lowest BCUT2D eigenvalue weighted by Gasteiger charge is -2.37. The molecule has 3 heteroatoms. The molecule has 3 nitrogen and oxygen atoms in total. The van der Waals surface area contributed by atoms with Crippen LogP contribution >= 0.6 is 0 Å². The lowest BCUT2D eigenvalue weighted by molar-refractivity contribution is 0.132. The van der Waals surface area contributed by atoms with Crippen LogP contribution in [0.1, 0.15) is 19.8 Å². The minimum absolute atomic E-state index is 0.607. The van der Waals surface area contributed by atoms with Crippen molar-refractivity contribution in [2.24, 2.45) is 5.92 Å². The summed E-state index contributed by atoms with van der Waals surface area (Å²) in [5, 5.41) is 3.54. The van der Waals surface area contributed by atoms with Crippen molar-refractivity contribution in [2.75, 3.05) is 45.6 Å². The summed E-state index contributed by atoms with van der Waals surface area (Å²) in [5.41, 5.74) is 1.22. The maximum absolute atomic E-state index is 3.54. The van der Waals surface area contributed by atoms with Gasteiger partial charge in [0.1, 0.15) is 0 Å². The Bertz CT molecular complexity index is 369. The van der Waals surface area contributed by atoms with Crippen LogP contribution in [-0.2, 0) is 0 Å². The fraction of sp³-hybridized carbons (Fsp3) is 0.647. The summed E-state index contributed by atoms with van der Waals surface area (Å²) in [5.74, 6) is 0.885. The summed E-state index contributed by atoms with van der Waals surface area (Å²) >= 11 is 0. The van der Waals surface area contributed by atoms with Gasteiger partial charge in [-0.25, -0.2) is 0 Å². The van der Waals surface area contributed by atoms with Gasteiger partial charge in [0, 0.05) is 24.8 Å². The molecule has 0 aromatic heterocycles. The largest absolute Gasteiger partial charge is 0.383 e. The van der Waals surface area contributed by atoms with E-state index in [0.717, 1.165) is 12.5 Å². The van der Waals surface area contributed by atoms with Gasteiger partial charge in [-0.15, -0.1) is 0 Å². The van der Waals surface area contributed by atoms with E-state index in [1.165, 1.54) is 38.2 Å². The minimum Gasteiger partial charge on any atom is -0.383 e. The van der Waals surface area contributed by atoms with Crippen LogP contribution in [0.5, 0.6) is 0 Å². The highest BCUT2D eigenvalue weighted by atomic mass is 15.2. The van der Waals surface area contributed by atoms with E-state index in [4.69, 9.17) is 0 Å². The van der Waals surface area contributed by atoms with Gasteiger partial charge in [-0.05, 0) is 65.0 Å². The molecule has 2 rings (SSSR count). The zero-order valence-electron chi connectivity index (χ0n) is 13.2. The van der Waals surface area contributed by atoms with Gasteiger partial charge in [-0.3, -0.25) is 4.90 Å². The number of nitrogens with zero attached hydrogens (tertiary/aromatic N) is 2. The van der Waals surface area contributed by atoms with E-state index in [0.29, 0.717) is 6.04 Å². The van der Waals surface area contributed by atoms with Crippen molar-refractivity contribution in [3.8, 4) is 0 Å². The standard InChI is InChI=1S/C17H29N3/c1-15(13-18-17-7-5-4-6-8-17)20-11-9-16(10-12-20)14-19(2)3/h4-8,15-16,18H,9-14H2,1-3H3. The molecule has 112 valence electrons. The maximum Gasteiger partial charge on any atom is 0.0340 e. The molecular weight excluding hydrogens is 246 g/mol. The van der Waals surface area contributed by atoms with E-state index in [9.17, 15) is 0 Å². The van der Waals surface area contributed by atoms with E-state index < -0.39 is 0 Å². The number of benzene rings is 1. The molecule has 1 aliphatic rings. The third-order valence-corrected chi connectivity index (χ3v) is 4.27. The zero-order chi connectivity index (χ0) is 14.4. The molecule has 0 aliphatic carbocycles. The van der Waals surface area contributed by atoms with Crippen LogP contribution in [-0.4, -0.2) is 56.1 Å². The molecule has 1 unspecified atom stereocenters. The van der Waals surface area contributed by atoms with Crippen molar-refractivity contribution >= 4 is 5.69 Å². The van der Waals surface area contributed by atoms with Crippen LogP contribution in [0.25, 0.3) is 0 Å². The number of nitrogens with one attached hydrogen (secondary N) is 1. The van der Waals surface area contributed by atoms with Gasteiger partial charge in [-0.2, -0.15) is 0 Å². The number of hydrogen-bond donors (Lipinski definition) is 1. The first-order chi connectivity index (χ1) is 9.65. The predicted octanol–water partition coefficient (Wildman–Crippen LogP) is 2.76. The highest BCUT2D eigenvalue weighted by Crippen LogP contribution is 2.19. The minimum atomic E-state index is 0.607. The fourth-order valence-corrected chi connectivity index (χ4v) is 3.04. The van der Waals surface area contributed by atoms with Crippen molar-refractivity contribution in [1.82, 2.24) is 9.80 Å². The zero-order valence-corrected chi connectivity index (χ0v) is 13.2. The molecular formula is C17H29N3. The Kier molecular flexibility index (Phi) is 5.86. The lowest BCUT2D eigenvalue weighted by atomic mass is 9.95. The number of para-hydroxylation sites is 1. The first-order valence-electron chi connectivity index (χ1n) is 7.83. The topological polar surface area (TPSA) is 18.5 Å². The Morgan fingerprint density at radius 2 is 1.85 bits per heavy atom. The summed E-state index contributed by atoms with van der Waals surface area (Å²) in [6, 6.07) is 11.1. The first kappa shape index (κ1) is 15.3. The SMILES string of the molecule is CC(CNc1ccccc1)N1CCC(CN(C)C)CC1. The van der Waals surface area contributed by atoms with Crippen LogP contribution in [0.15, 0.2) is 30.3 Å². The molecule has 0 bridgehead atoms. The third kappa shape index (κ3) is 4.80. The highest BCUT2D eigenvalue weighted by Gasteiger charge is 2.22. The fourth-order valence-electron chi connectivity index (χ4n) is 3.04. The summed E-state index contributed by atoms with van der Waals surface area (Å²) in [4.78, 5) is 4.95. The normalized spacial score (nSPS) is 19.2. The van der Waals surface area contributed by atoms with Crippen molar-refractivity contribution in [3.63, 3.8) is 0 Å². The molecule has 1 aliphatic heterocycles. The van der Waals surface area contributed by atoms with Crippen molar-refractivity contribution < 1.29 is 0 Å². The van der Waals surface area contributed by atoms with E-state index in [1.54, 1.807) is 0 Å². The second-order valence-corrected chi connectivity index (χ2v) is 6.34. The van der Waals surface area contributed by atoms with Crippen LogP contribution in [0.4, 0.5) is 5.69 Å². The Balaban J connectivity index is 1.70. The van der Waals surface area contributed by atoms with E-state index >= 15 is 0 Å². The summed E-state index contributed by atoms with van der Waals surface area (Å²) in [7, 11) is 4.36. The van der Waals surface area contributed by atoms with Crippen LogP contribution in [0.2, 0.25) is 0 Å². The second-order valence-electron chi connectivity index (χ2n) is 6.34. The number of rotatable bonds is 6. The molecule has 0 amide bonds. The summed E-state index contributed by atoms with van der Waals surface area (Å²) in [6.45, 7) is 7.10. The third-order valence-electron chi connectivity index (χ3n) is 4.27. The first-order valence-corrected chi connectivity index (χ1v) is 7.83. The summed E-state index contributed by atoms with van der Waals surface area (Å²) in [6.07, 6.45) is 2.68. The molecule has 1 aromatic rings. The predicted molar refractivity (Wildman–Crippen MR) is 87.2 cm³/mol. The Hall–Kier alpha value is -1.06. The van der Waals surface area contributed by atoms with Crippen LogP contribution in [0, 0.1) is 5.92 Å². The molecule has 1 heterocycles. The molecule has 1 aromatic carbocycles. The summed E-state index contributed by atoms with van der Waals surface area (Å²) < 4.78 is 0. The van der Waals surface area contributed by atoms with Gasteiger partial charge in [0.2, 0.25) is 0 Å². The molecule has 0 spiro atoms. The van der Waals surface area contributed by atoms with Gasteiger partial charge < -0.3 is 10.2 Å². The highest BCUT2D eigenvalue weighted by molar-refractivity contribution is 5.42. The Morgan fingerprint density at radius 3 is 2.45 bits per heavy atom. The molecule has 1 atom stereocenters. The van der Waals surface area contributed by atoms with Crippen molar-refractivity contribution in [3.05, 3.63) is 30.3 Å². The van der Waals surface area contributed by atoms with E-state index in [1.807, 2.05) is 0 Å². The monoisotopic (exact) mass is 275 g/mol. The lowest BCUT2D eigenvalue weighted by Crippen LogP contribution is -2.44.